The Balaban J connectivity index is 1.75. The zero-order valence-corrected chi connectivity index (χ0v) is 19.2. The summed E-state index contributed by atoms with van der Waals surface area (Å²) in [5, 5.41) is 15.5. The minimum atomic E-state index is -4.06. The molecule has 0 spiro atoms. The molecule has 176 valence electrons. The molecule has 34 heavy (non-hydrogen) atoms. The van der Waals surface area contributed by atoms with Gasteiger partial charge < -0.3 is 9.47 Å². The highest BCUT2D eigenvalue weighted by molar-refractivity contribution is 7.92. The van der Waals surface area contributed by atoms with Crippen LogP contribution in [0.25, 0.3) is 6.08 Å². The Hall–Kier alpha value is -4.38. The van der Waals surface area contributed by atoms with E-state index in [-0.39, 0.29) is 16.3 Å². The molecule has 11 heteroatoms. The van der Waals surface area contributed by atoms with Crippen LogP contribution in [0.3, 0.4) is 0 Å². The van der Waals surface area contributed by atoms with E-state index in [1.165, 1.54) is 37.6 Å². The number of nitro groups is 1. The normalized spacial score (nSPS) is 11.5. The molecule has 0 aromatic heterocycles. The van der Waals surface area contributed by atoms with Crippen molar-refractivity contribution in [1.29, 1.82) is 0 Å². The maximum atomic E-state index is 12.7. The predicted octanol–water partition coefficient (Wildman–Crippen LogP) is 4.52. The molecule has 0 atom stereocenters. The number of anilines is 2. The third-order valence-electron chi connectivity index (χ3n) is 4.58. The maximum absolute atomic E-state index is 12.7. The van der Waals surface area contributed by atoms with Crippen LogP contribution >= 0.6 is 0 Å². The number of nitro benzene ring substituents is 1. The lowest BCUT2D eigenvalue weighted by Crippen LogP contribution is -2.13. The van der Waals surface area contributed by atoms with Crippen LogP contribution in [-0.4, -0.2) is 33.8 Å². The Kier molecular flexibility index (Phi) is 7.83. The Morgan fingerprint density at radius 3 is 2.41 bits per heavy atom. The van der Waals surface area contributed by atoms with Gasteiger partial charge in [-0.25, -0.2) is 8.42 Å². The number of sulfonamides is 1. The van der Waals surface area contributed by atoms with Crippen LogP contribution in [0.15, 0.2) is 82.8 Å². The quantitative estimate of drug-likeness (QED) is 0.247. The first kappa shape index (κ1) is 24.3. The van der Waals surface area contributed by atoms with Crippen LogP contribution in [0.5, 0.6) is 11.5 Å². The summed E-state index contributed by atoms with van der Waals surface area (Å²) >= 11 is 0. The first-order valence-corrected chi connectivity index (χ1v) is 11.4. The van der Waals surface area contributed by atoms with Gasteiger partial charge in [-0.15, -0.1) is 0 Å². The monoisotopic (exact) mass is 482 g/mol. The number of allylic oxidation sites excluding steroid dienone is 1. The van der Waals surface area contributed by atoms with E-state index in [4.69, 9.17) is 9.47 Å². The highest BCUT2D eigenvalue weighted by Gasteiger charge is 2.21. The van der Waals surface area contributed by atoms with E-state index >= 15 is 0 Å². The Bertz CT molecular complexity index is 1320. The Morgan fingerprint density at radius 2 is 1.74 bits per heavy atom. The zero-order valence-electron chi connectivity index (χ0n) is 18.3. The minimum absolute atomic E-state index is 0.0374. The number of methoxy groups -OCH3 is 2. The second-order valence-electron chi connectivity index (χ2n) is 6.76. The fourth-order valence-electron chi connectivity index (χ4n) is 2.90. The van der Waals surface area contributed by atoms with Gasteiger partial charge in [-0.2, -0.15) is 5.10 Å². The van der Waals surface area contributed by atoms with Crippen LogP contribution in [0.1, 0.15) is 5.56 Å². The third kappa shape index (κ3) is 6.11. The van der Waals surface area contributed by atoms with Crippen LogP contribution in [0.2, 0.25) is 0 Å². The molecule has 0 aliphatic rings. The first-order valence-electron chi connectivity index (χ1n) is 9.88. The number of nitrogens with one attached hydrogen (secondary N) is 2. The van der Waals surface area contributed by atoms with E-state index in [9.17, 15) is 18.5 Å². The third-order valence-corrected chi connectivity index (χ3v) is 5.96. The van der Waals surface area contributed by atoms with E-state index in [2.05, 4.69) is 15.2 Å². The molecule has 3 aromatic rings. The van der Waals surface area contributed by atoms with Gasteiger partial charge in [0, 0.05) is 23.5 Å². The van der Waals surface area contributed by atoms with Gasteiger partial charge in [0.25, 0.3) is 15.7 Å². The van der Waals surface area contributed by atoms with Gasteiger partial charge in [0.1, 0.15) is 17.2 Å². The van der Waals surface area contributed by atoms with E-state index in [1.807, 2.05) is 24.3 Å². The maximum Gasteiger partial charge on any atom is 0.295 e. The Labute approximate surface area is 196 Å². The van der Waals surface area contributed by atoms with E-state index in [0.717, 1.165) is 11.6 Å². The summed E-state index contributed by atoms with van der Waals surface area (Å²) in [6, 6.07) is 17.1. The van der Waals surface area contributed by atoms with Crippen molar-refractivity contribution >= 4 is 39.4 Å². The average molecular weight is 483 g/mol. The molecule has 0 bridgehead atoms. The molecule has 0 aliphatic carbocycles. The number of rotatable bonds is 10. The van der Waals surface area contributed by atoms with Crippen molar-refractivity contribution in [2.75, 3.05) is 24.4 Å². The van der Waals surface area contributed by atoms with Crippen LogP contribution in [0.4, 0.5) is 17.1 Å². The standard InChI is InChI=1S/C23H22N4O6S/c1-32-19-11-9-18(10-12-19)26-34(30,31)20-13-14-21(22(16-20)27(28)29)25-24-15-5-7-17-6-3-4-8-23(17)33-2/h3-16,25-26H,1-2H3. The number of hydrogen-bond donors (Lipinski definition) is 2. The molecule has 2 N–H and O–H groups in total. The number of ether oxygens (including phenoxy) is 2. The molecule has 0 saturated heterocycles. The van der Waals surface area contributed by atoms with Gasteiger partial charge in [0.05, 0.1) is 24.0 Å². The number of hydrazone groups is 1. The summed E-state index contributed by atoms with van der Waals surface area (Å²) in [6.07, 6.45) is 4.80. The van der Waals surface area contributed by atoms with Crippen molar-refractivity contribution in [3.63, 3.8) is 0 Å². The summed E-state index contributed by atoms with van der Waals surface area (Å²) in [7, 11) is -0.995. The second kappa shape index (κ2) is 11.0. The average Bonchev–Trinajstić information content (AvgIpc) is 2.84. The largest absolute Gasteiger partial charge is 0.497 e. The summed E-state index contributed by atoms with van der Waals surface area (Å²) in [5.41, 5.74) is 3.29. The molecule has 0 amide bonds. The van der Waals surface area contributed by atoms with Crippen molar-refractivity contribution in [2.24, 2.45) is 5.10 Å². The molecule has 0 saturated carbocycles. The van der Waals surface area contributed by atoms with Crippen molar-refractivity contribution in [2.45, 2.75) is 4.90 Å². The van der Waals surface area contributed by atoms with Gasteiger partial charge >= 0.3 is 0 Å². The van der Waals surface area contributed by atoms with Crippen molar-refractivity contribution in [3.05, 3.63) is 88.5 Å². The van der Waals surface area contributed by atoms with E-state index in [0.29, 0.717) is 11.5 Å². The summed E-state index contributed by atoms with van der Waals surface area (Å²) in [5.74, 6) is 1.25. The highest BCUT2D eigenvalue weighted by atomic mass is 32.2. The summed E-state index contributed by atoms with van der Waals surface area (Å²) < 4.78 is 38.1. The van der Waals surface area contributed by atoms with Crippen LogP contribution < -0.4 is 19.6 Å². The molecule has 0 fully saturated rings. The van der Waals surface area contributed by atoms with E-state index in [1.54, 1.807) is 31.4 Å². The van der Waals surface area contributed by atoms with Gasteiger partial charge in [0.15, 0.2) is 0 Å². The molecular formula is C23H22N4O6S. The number of benzene rings is 3. The van der Waals surface area contributed by atoms with Crippen molar-refractivity contribution in [1.82, 2.24) is 0 Å². The lowest BCUT2D eigenvalue weighted by atomic mass is 10.2. The van der Waals surface area contributed by atoms with Gasteiger partial charge in [0.2, 0.25) is 0 Å². The smallest absolute Gasteiger partial charge is 0.295 e. The summed E-state index contributed by atoms with van der Waals surface area (Å²) in [4.78, 5) is 10.6. The van der Waals surface area contributed by atoms with Crippen LogP contribution in [-0.2, 0) is 10.0 Å². The molecule has 0 heterocycles. The zero-order chi connectivity index (χ0) is 24.6. The van der Waals surface area contributed by atoms with Gasteiger partial charge in [-0.05, 0) is 54.6 Å². The topological polar surface area (TPSA) is 132 Å². The number of nitrogens with zero attached hydrogens (tertiary/aromatic N) is 2. The molecule has 3 rings (SSSR count). The molecule has 10 nitrogen and oxygen atoms in total. The molecule has 0 unspecified atom stereocenters. The second-order valence-corrected chi connectivity index (χ2v) is 8.44. The molecule has 0 aliphatic heterocycles. The molecular weight excluding hydrogens is 460 g/mol. The Morgan fingerprint density at radius 1 is 1.00 bits per heavy atom. The lowest BCUT2D eigenvalue weighted by Gasteiger charge is -2.10. The SMILES string of the molecule is COc1ccc(NS(=O)(=O)c2ccc(NN=CC=Cc3ccccc3OC)c([N+](=O)[O-])c2)cc1. The van der Waals surface area contributed by atoms with Gasteiger partial charge in [-0.3, -0.25) is 20.3 Å². The minimum Gasteiger partial charge on any atom is -0.497 e. The predicted molar refractivity (Wildman–Crippen MR) is 131 cm³/mol. The first-order chi connectivity index (χ1) is 16.3. The fourth-order valence-corrected chi connectivity index (χ4v) is 3.98. The lowest BCUT2D eigenvalue weighted by molar-refractivity contribution is -0.384. The molecule has 3 aromatic carbocycles. The summed E-state index contributed by atoms with van der Waals surface area (Å²) in [6.45, 7) is 0. The molecule has 0 radical (unpaired) electrons. The van der Waals surface area contributed by atoms with Crippen LogP contribution in [0, 0.1) is 10.1 Å². The number of hydrogen-bond acceptors (Lipinski definition) is 8. The van der Waals surface area contributed by atoms with Crippen molar-refractivity contribution in [3.8, 4) is 11.5 Å². The number of para-hydroxylation sites is 1. The van der Waals surface area contributed by atoms with Gasteiger partial charge in [-0.1, -0.05) is 18.2 Å². The van der Waals surface area contributed by atoms with Crippen molar-refractivity contribution < 1.29 is 22.8 Å². The fraction of sp³-hybridized carbons (Fsp3) is 0.0870. The van der Waals surface area contributed by atoms with E-state index < -0.39 is 20.6 Å². The highest BCUT2D eigenvalue weighted by Crippen LogP contribution is 2.29.